The number of anilines is 1. The highest BCUT2D eigenvalue weighted by Gasteiger charge is 2.51. The zero-order valence-electron chi connectivity index (χ0n) is 20.4. The van der Waals surface area contributed by atoms with E-state index in [0.29, 0.717) is 40.9 Å². The normalized spacial score (nSPS) is 14.6. The van der Waals surface area contributed by atoms with Gasteiger partial charge in [-0.25, -0.2) is 9.18 Å². The van der Waals surface area contributed by atoms with Gasteiger partial charge in [-0.1, -0.05) is 66.7 Å². The number of aromatic nitrogens is 2. The van der Waals surface area contributed by atoms with E-state index in [-0.39, 0.29) is 0 Å². The largest absolute Gasteiger partial charge is 0.481 e. The van der Waals surface area contributed by atoms with Crippen LogP contribution in [0.2, 0.25) is 0 Å². The number of carbonyl (C=O) groups is 2. The van der Waals surface area contributed by atoms with Gasteiger partial charge in [0.05, 0.1) is 11.6 Å². The number of nitrogens with zero attached hydrogens (tertiary/aromatic N) is 2. The van der Waals surface area contributed by atoms with Crippen LogP contribution in [-0.2, 0) is 22.0 Å². The third-order valence-electron chi connectivity index (χ3n) is 6.90. The zero-order chi connectivity index (χ0) is 26.2. The van der Waals surface area contributed by atoms with Crippen LogP contribution in [0, 0.1) is 5.82 Å². The second kappa shape index (κ2) is 9.54. The van der Waals surface area contributed by atoms with Gasteiger partial charge in [0, 0.05) is 18.2 Å². The number of hydrogen-bond donors (Lipinski definition) is 2. The smallest absolute Gasteiger partial charge is 0.413 e. The first kappa shape index (κ1) is 24.2. The standard InChI is InChI=1S/C29H26FN3O4/c1-18(19-6-4-3-5-7-19)37-28(36)32-26-24(17-31-33(26)2)21-10-13-23(25(30)16-21)20-8-11-22(12-9-20)29(14-15-29)27(34)35/h3-13,16-18H,14-15H2,1-2H3,(H,32,36)(H,34,35)/t18-/m1/s1. The third-order valence-corrected chi connectivity index (χ3v) is 6.90. The van der Waals surface area contributed by atoms with E-state index in [4.69, 9.17) is 4.74 Å². The van der Waals surface area contributed by atoms with E-state index in [9.17, 15) is 14.7 Å². The van der Waals surface area contributed by atoms with Crippen LogP contribution >= 0.6 is 0 Å². The first-order chi connectivity index (χ1) is 17.8. The predicted molar refractivity (Wildman–Crippen MR) is 138 cm³/mol. The molecule has 8 heteroatoms. The van der Waals surface area contributed by atoms with Crippen molar-refractivity contribution in [2.24, 2.45) is 7.05 Å². The fourth-order valence-corrected chi connectivity index (χ4v) is 4.51. The molecular formula is C29H26FN3O4. The number of ether oxygens (including phenoxy) is 1. The molecule has 2 N–H and O–H groups in total. The number of hydrogen-bond acceptors (Lipinski definition) is 4. The van der Waals surface area contributed by atoms with E-state index in [2.05, 4.69) is 10.4 Å². The van der Waals surface area contributed by atoms with Crippen LogP contribution in [0.15, 0.2) is 79.0 Å². The molecule has 0 bridgehead atoms. The Kier molecular flexibility index (Phi) is 6.25. The second-order valence-corrected chi connectivity index (χ2v) is 9.27. The van der Waals surface area contributed by atoms with Gasteiger partial charge >= 0.3 is 12.1 Å². The molecule has 0 spiro atoms. The van der Waals surface area contributed by atoms with Gasteiger partial charge < -0.3 is 9.84 Å². The van der Waals surface area contributed by atoms with Crippen LogP contribution < -0.4 is 5.32 Å². The molecule has 0 saturated heterocycles. The highest BCUT2D eigenvalue weighted by atomic mass is 19.1. The Labute approximate surface area is 213 Å². The van der Waals surface area contributed by atoms with Crippen molar-refractivity contribution in [2.75, 3.05) is 5.32 Å². The first-order valence-corrected chi connectivity index (χ1v) is 12.0. The van der Waals surface area contributed by atoms with Crippen LogP contribution in [0.3, 0.4) is 0 Å². The Bertz CT molecular complexity index is 1460. The van der Waals surface area contributed by atoms with Gasteiger partial charge in [-0.05, 0) is 48.1 Å². The number of rotatable bonds is 7. The van der Waals surface area contributed by atoms with E-state index >= 15 is 4.39 Å². The van der Waals surface area contributed by atoms with E-state index in [1.807, 2.05) is 30.3 Å². The number of aliphatic carboxylic acids is 1. The van der Waals surface area contributed by atoms with Crippen LogP contribution in [0.4, 0.5) is 15.0 Å². The van der Waals surface area contributed by atoms with Crippen molar-refractivity contribution in [2.45, 2.75) is 31.3 Å². The van der Waals surface area contributed by atoms with Gasteiger partial charge in [0.2, 0.25) is 0 Å². The molecular weight excluding hydrogens is 473 g/mol. The summed E-state index contributed by atoms with van der Waals surface area (Å²) in [5.41, 5.74) is 2.93. The number of carboxylic acids is 1. The third kappa shape index (κ3) is 4.70. The van der Waals surface area contributed by atoms with E-state index in [0.717, 1.165) is 11.1 Å². The summed E-state index contributed by atoms with van der Waals surface area (Å²) in [5, 5.41) is 16.4. The minimum Gasteiger partial charge on any atom is -0.481 e. The average molecular weight is 500 g/mol. The SMILES string of the molecule is C[C@@H](OC(=O)Nc1c(-c2ccc(-c3ccc(C4(C(=O)O)CC4)cc3)c(F)c2)cnn1C)c1ccccc1. The summed E-state index contributed by atoms with van der Waals surface area (Å²) >= 11 is 0. The fraction of sp³-hybridized carbons (Fsp3) is 0.207. The minimum atomic E-state index is -0.824. The Hall–Kier alpha value is -4.46. The van der Waals surface area contributed by atoms with Gasteiger partial charge in [0.25, 0.3) is 0 Å². The van der Waals surface area contributed by atoms with E-state index in [1.54, 1.807) is 56.6 Å². The number of carbonyl (C=O) groups excluding carboxylic acids is 1. The Morgan fingerprint density at radius 2 is 1.70 bits per heavy atom. The molecule has 4 aromatic rings. The molecule has 1 saturated carbocycles. The predicted octanol–water partition coefficient (Wildman–Crippen LogP) is 6.32. The fourth-order valence-electron chi connectivity index (χ4n) is 4.51. The molecule has 1 aromatic heterocycles. The van der Waals surface area contributed by atoms with Crippen LogP contribution in [0.25, 0.3) is 22.3 Å². The lowest BCUT2D eigenvalue weighted by molar-refractivity contribution is -0.140. The summed E-state index contributed by atoms with van der Waals surface area (Å²) in [6, 6.07) is 21.2. The Morgan fingerprint density at radius 1 is 1.03 bits per heavy atom. The molecule has 1 amide bonds. The molecule has 1 heterocycles. The molecule has 5 rings (SSSR count). The maximum Gasteiger partial charge on any atom is 0.413 e. The van der Waals surface area contributed by atoms with Crippen LogP contribution in [0.1, 0.15) is 37.0 Å². The second-order valence-electron chi connectivity index (χ2n) is 9.27. The van der Waals surface area contributed by atoms with Crippen molar-refractivity contribution in [1.82, 2.24) is 9.78 Å². The maximum absolute atomic E-state index is 15.2. The summed E-state index contributed by atoms with van der Waals surface area (Å²) < 4.78 is 22.2. The lowest BCUT2D eigenvalue weighted by atomic mass is 9.93. The van der Waals surface area contributed by atoms with Crippen molar-refractivity contribution in [3.63, 3.8) is 0 Å². The van der Waals surface area contributed by atoms with Crippen molar-refractivity contribution in [3.8, 4) is 22.3 Å². The van der Waals surface area contributed by atoms with Gasteiger partial charge in [-0.3, -0.25) is 14.8 Å². The summed E-state index contributed by atoms with van der Waals surface area (Å²) in [7, 11) is 1.68. The van der Waals surface area contributed by atoms with Gasteiger partial charge in [0.1, 0.15) is 17.7 Å². The minimum absolute atomic E-state index is 0.380. The van der Waals surface area contributed by atoms with Crippen molar-refractivity contribution in [3.05, 3.63) is 95.9 Å². The Morgan fingerprint density at radius 3 is 2.32 bits per heavy atom. The summed E-state index contributed by atoms with van der Waals surface area (Å²) in [5.74, 6) is -0.889. The molecule has 0 aliphatic heterocycles. The maximum atomic E-state index is 15.2. The number of nitrogens with one attached hydrogen (secondary N) is 1. The number of carboxylic acid groups (broad SMARTS) is 1. The first-order valence-electron chi connectivity index (χ1n) is 12.0. The number of amides is 1. The molecule has 37 heavy (non-hydrogen) atoms. The van der Waals surface area contributed by atoms with Crippen molar-refractivity contribution in [1.29, 1.82) is 0 Å². The van der Waals surface area contributed by atoms with Gasteiger partial charge in [-0.2, -0.15) is 5.10 Å². The van der Waals surface area contributed by atoms with Crippen LogP contribution in [0.5, 0.6) is 0 Å². The van der Waals surface area contributed by atoms with Gasteiger partial charge in [0.15, 0.2) is 0 Å². The number of halogens is 1. The summed E-state index contributed by atoms with van der Waals surface area (Å²) in [6.45, 7) is 1.78. The molecule has 1 aliphatic rings. The molecule has 0 unspecified atom stereocenters. The highest BCUT2D eigenvalue weighted by molar-refractivity contribution is 5.90. The molecule has 3 aromatic carbocycles. The molecule has 1 fully saturated rings. The molecule has 1 atom stereocenters. The summed E-state index contributed by atoms with van der Waals surface area (Å²) in [4.78, 5) is 24.2. The number of benzene rings is 3. The van der Waals surface area contributed by atoms with Crippen molar-refractivity contribution >= 4 is 17.9 Å². The molecule has 7 nitrogen and oxygen atoms in total. The highest BCUT2D eigenvalue weighted by Crippen LogP contribution is 2.48. The molecule has 0 radical (unpaired) electrons. The Balaban J connectivity index is 1.34. The lowest BCUT2D eigenvalue weighted by Crippen LogP contribution is -2.19. The van der Waals surface area contributed by atoms with E-state index in [1.165, 1.54) is 10.7 Å². The van der Waals surface area contributed by atoms with Crippen molar-refractivity contribution < 1.29 is 23.8 Å². The monoisotopic (exact) mass is 499 g/mol. The average Bonchev–Trinajstić information content (AvgIpc) is 3.64. The topological polar surface area (TPSA) is 93.4 Å². The summed E-state index contributed by atoms with van der Waals surface area (Å²) in [6.07, 6.45) is 1.69. The van der Waals surface area contributed by atoms with Crippen LogP contribution in [-0.4, -0.2) is 26.9 Å². The zero-order valence-corrected chi connectivity index (χ0v) is 20.4. The van der Waals surface area contributed by atoms with Gasteiger partial charge in [-0.15, -0.1) is 0 Å². The lowest BCUT2D eigenvalue weighted by Gasteiger charge is -2.15. The molecule has 1 aliphatic carbocycles. The molecule has 188 valence electrons. The quantitative estimate of drug-likeness (QED) is 0.310. The van der Waals surface area contributed by atoms with E-state index < -0.39 is 29.4 Å². The number of aryl methyl sites for hydroxylation is 1.